The van der Waals surface area contributed by atoms with Gasteiger partial charge in [0.25, 0.3) is 11.1 Å². The van der Waals surface area contributed by atoms with Crippen molar-refractivity contribution in [3.63, 3.8) is 0 Å². The number of thioether (sulfide) groups is 1. The van der Waals surface area contributed by atoms with E-state index in [9.17, 15) is 14.4 Å². The van der Waals surface area contributed by atoms with Crippen molar-refractivity contribution in [3.8, 4) is 0 Å². The van der Waals surface area contributed by atoms with Crippen LogP contribution in [-0.4, -0.2) is 39.7 Å². The number of ether oxygens (including phenoxy) is 1. The predicted octanol–water partition coefficient (Wildman–Crippen LogP) is 4.80. The molecular formula is C20H21BrN2O4S. The number of rotatable bonds is 7. The summed E-state index contributed by atoms with van der Waals surface area (Å²) in [5, 5.41) is 0.653. The summed E-state index contributed by atoms with van der Waals surface area (Å²) < 4.78 is 7.74. The molecule has 0 saturated carbocycles. The molecule has 0 radical (unpaired) electrons. The van der Waals surface area contributed by atoms with Crippen LogP contribution in [0.2, 0.25) is 0 Å². The summed E-state index contributed by atoms with van der Waals surface area (Å²) in [6.07, 6.45) is 5.24. The molecule has 0 bridgehead atoms. The van der Waals surface area contributed by atoms with E-state index in [0.717, 1.165) is 45.5 Å². The molecule has 2 heterocycles. The van der Waals surface area contributed by atoms with Crippen LogP contribution in [0.4, 0.5) is 4.79 Å². The lowest BCUT2D eigenvalue weighted by Gasteiger charge is -2.10. The van der Waals surface area contributed by atoms with Crippen LogP contribution in [0.3, 0.4) is 0 Å². The third kappa shape index (κ3) is 4.33. The average molecular weight is 465 g/mol. The van der Waals surface area contributed by atoms with Gasteiger partial charge in [-0.25, -0.2) is 0 Å². The van der Waals surface area contributed by atoms with E-state index in [2.05, 4.69) is 15.9 Å². The highest BCUT2D eigenvalue weighted by Gasteiger charge is 2.34. The number of benzene rings is 1. The van der Waals surface area contributed by atoms with Crippen molar-refractivity contribution in [1.29, 1.82) is 0 Å². The predicted molar refractivity (Wildman–Crippen MR) is 114 cm³/mol. The fraction of sp³-hybridized carbons (Fsp3) is 0.350. The van der Waals surface area contributed by atoms with Gasteiger partial charge in [0.2, 0.25) is 0 Å². The zero-order valence-corrected chi connectivity index (χ0v) is 18.1. The SMILES string of the molecule is CCCCN1C(=O)S/C(=C\c2cn(CC(=O)OCC)c3ccc(Br)cc23)C1=O. The van der Waals surface area contributed by atoms with Gasteiger partial charge in [-0.05, 0) is 49.4 Å². The number of amides is 2. The van der Waals surface area contributed by atoms with Crippen LogP contribution in [0, 0.1) is 0 Å². The number of carbonyl (C=O) groups is 3. The van der Waals surface area contributed by atoms with Crippen LogP contribution in [-0.2, 0) is 20.9 Å². The molecule has 0 N–H and O–H groups in total. The molecule has 0 aliphatic carbocycles. The van der Waals surface area contributed by atoms with Gasteiger partial charge in [-0.2, -0.15) is 0 Å². The number of carbonyl (C=O) groups excluding carboxylic acids is 3. The van der Waals surface area contributed by atoms with Crippen LogP contribution in [0.1, 0.15) is 32.3 Å². The van der Waals surface area contributed by atoms with Gasteiger partial charge in [0.15, 0.2) is 0 Å². The monoisotopic (exact) mass is 464 g/mol. The Morgan fingerprint density at radius 3 is 2.79 bits per heavy atom. The Bertz CT molecular complexity index is 967. The second kappa shape index (κ2) is 8.96. The summed E-state index contributed by atoms with van der Waals surface area (Å²) in [6, 6.07) is 5.74. The number of imide groups is 1. The third-order valence-corrected chi connectivity index (χ3v) is 5.77. The van der Waals surface area contributed by atoms with E-state index in [4.69, 9.17) is 4.74 Å². The lowest BCUT2D eigenvalue weighted by molar-refractivity contribution is -0.143. The first kappa shape index (κ1) is 20.7. The van der Waals surface area contributed by atoms with Crippen LogP contribution in [0.25, 0.3) is 17.0 Å². The highest BCUT2D eigenvalue weighted by atomic mass is 79.9. The van der Waals surface area contributed by atoms with Gasteiger partial charge in [0, 0.05) is 33.7 Å². The minimum atomic E-state index is -0.325. The number of nitrogens with zero attached hydrogens (tertiary/aromatic N) is 2. The van der Waals surface area contributed by atoms with Crippen LogP contribution < -0.4 is 0 Å². The van der Waals surface area contributed by atoms with Crippen LogP contribution in [0.5, 0.6) is 0 Å². The minimum absolute atomic E-state index is 0.0811. The number of hydrogen-bond acceptors (Lipinski definition) is 5. The van der Waals surface area contributed by atoms with Gasteiger partial charge in [0.05, 0.1) is 11.5 Å². The van der Waals surface area contributed by atoms with Crippen molar-refractivity contribution in [2.24, 2.45) is 0 Å². The van der Waals surface area contributed by atoms with Crippen molar-refractivity contribution >= 4 is 61.8 Å². The molecule has 8 heteroatoms. The van der Waals surface area contributed by atoms with E-state index >= 15 is 0 Å². The molecule has 2 amide bonds. The van der Waals surface area contributed by atoms with E-state index in [0.29, 0.717) is 18.1 Å². The lowest BCUT2D eigenvalue weighted by atomic mass is 10.1. The maximum atomic E-state index is 12.6. The fourth-order valence-electron chi connectivity index (χ4n) is 3.04. The molecule has 28 heavy (non-hydrogen) atoms. The molecule has 0 spiro atoms. The van der Waals surface area contributed by atoms with E-state index in [1.54, 1.807) is 17.6 Å². The van der Waals surface area contributed by atoms with Gasteiger partial charge in [-0.15, -0.1) is 0 Å². The van der Waals surface area contributed by atoms with E-state index in [1.165, 1.54) is 4.90 Å². The normalized spacial score (nSPS) is 15.8. The zero-order valence-electron chi connectivity index (χ0n) is 15.7. The summed E-state index contributed by atoms with van der Waals surface area (Å²) in [5.74, 6) is -0.585. The van der Waals surface area contributed by atoms with Gasteiger partial charge >= 0.3 is 5.97 Å². The molecule has 0 atom stereocenters. The molecular weight excluding hydrogens is 444 g/mol. The lowest BCUT2D eigenvalue weighted by Crippen LogP contribution is -2.29. The number of aromatic nitrogens is 1. The summed E-state index contributed by atoms with van der Waals surface area (Å²) >= 11 is 4.42. The van der Waals surface area contributed by atoms with Crippen molar-refractivity contribution in [1.82, 2.24) is 9.47 Å². The second-order valence-electron chi connectivity index (χ2n) is 6.37. The Balaban J connectivity index is 1.97. The molecule has 1 aliphatic heterocycles. The standard InChI is InChI=1S/C20H21BrN2O4S/c1-3-5-8-23-19(25)17(28-20(23)26)9-13-11-22(12-18(24)27-4-2)16-7-6-14(21)10-15(13)16/h6-7,9-11H,3-5,8,12H2,1-2H3/b17-9-. The number of unbranched alkanes of at least 4 members (excludes halogenated alkanes) is 1. The minimum Gasteiger partial charge on any atom is -0.465 e. The summed E-state index contributed by atoms with van der Waals surface area (Å²) in [5.41, 5.74) is 1.63. The molecule has 6 nitrogen and oxygen atoms in total. The second-order valence-corrected chi connectivity index (χ2v) is 8.27. The van der Waals surface area contributed by atoms with E-state index in [1.807, 2.05) is 31.3 Å². The van der Waals surface area contributed by atoms with Crippen LogP contribution >= 0.6 is 27.7 Å². The Morgan fingerprint density at radius 1 is 1.29 bits per heavy atom. The number of hydrogen-bond donors (Lipinski definition) is 0. The maximum absolute atomic E-state index is 12.6. The number of halogens is 1. The Morgan fingerprint density at radius 2 is 2.07 bits per heavy atom. The van der Waals surface area contributed by atoms with Gasteiger partial charge < -0.3 is 9.30 Å². The molecule has 148 valence electrons. The third-order valence-electron chi connectivity index (χ3n) is 4.37. The van der Waals surface area contributed by atoms with Crippen LogP contribution in [0.15, 0.2) is 33.8 Å². The largest absolute Gasteiger partial charge is 0.465 e. The number of esters is 1. The van der Waals surface area contributed by atoms with Crippen molar-refractivity contribution < 1.29 is 19.1 Å². The molecule has 0 unspecified atom stereocenters. The van der Waals surface area contributed by atoms with Gasteiger partial charge in [-0.3, -0.25) is 19.3 Å². The van der Waals surface area contributed by atoms with Crippen molar-refractivity contribution in [2.75, 3.05) is 13.2 Å². The first-order chi connectivity index (χ1) is 13.4. The topological polar surface area (TPSA) is 68.6 Å². The average Bonchev–Trinajstić information content (AvgIpc) is 3.11. The summed E-state index contributed by atoms with van der Waals surface area (Å²) in [6.45, 7) is 4.63. The Kier molecular flexibility index (Phi) is 6.61. The molecule has 1 saturated heterocycles. The molecule has 1 aliphatic rings. The molecule has 1 aromatic carbocycles. The highest BCUT2D eigenvalue weighted by molar-refractivity contribution is 9.10. The summed E-state index contributed by atoms with van der Waals surface area (Å²) in [7, 11) is 0. The number of fused-ring (bicyclic) bond motifs is 1. The molecule has 2 aromatic rings. The fourth-order valence-corrected chi connectivity index (χ4v) is 4.26. The Labute approximate surface area is 176 Å². The van der Waals surface area contributed by atoms with Gasteiger partial charge in [-0.1, -0.05) is 29.3 Å². The molecule has 1 fully saturated rings. The van der Waals surface area contributed by atoms with E-state index < -0.39 is 0 Å². The van der Waals surface area contributed by atoms with Crippen molar-refractivity contribution in [2.45, 2.75) is 33.2 Å². The molecule has 3 rings (SSSR count). The smallest absolute Gasteiger partial charge is 0.325 e. The van der Waals surface area contributed by atoms with Crippen molar-refractivity contribution in [3.05, 3.63) is 39.3 Å². The highest BCUT2D eigenvalue weighted by Crippen LogP contribution is 2.35. The molecule has 1 aromatic heterocycles. The zero-order chi connectivity index (χ0) is 20.3. The Hall–Kier alpha value is -2.06. The summed E-state index contributed by atoms with van der Waals surface area (Å²) in [4.78, 5) is 38.4. The van der Waals surface area contributed by atoms with Gasteiger partial charge in [0.1, 0.15) is 6.54 Å². The first-order valence-electron chi connectivity index (χ1n) is 9.14. The first-order valence-corrected chi connectivity index (χ1v) is 10.7. The quantitative estimate of drug-likeness (QED) is 0.434. The van der Waals surface area contributed by atoms with E-state index in [-0.39, 0.29) is 23.7 Å². The maximum Gasteiger partial charge on any atom is 0.325 e.